The van der Waals surface area contributed by atoms with Crippen LogP contribution in [0.5, 0.6) is 0 Å². The fraction of sp³-hybridized carbons (Fsp3) is 0.500. The van der Waals surface area contributed by atoms with Crippen LogP contribution >= 0.6 is 0 Å². The molecule has 1 aromatic heterocycles. The Hall–Kier alpha value is -1.36. The van der Waals surface area contributed by atoms with Gasteiger partial charge in [-0.3, -0.25) is 9.78 Å². The van der Waals surface area contributed by atoms with E-state index in [4.69, 9.17) is 0 Å². The fourth-order valence-electron chi connectivity index (χ4n) is 1.63. The molecule has 0 aromatic carbocycles. The summed E-state index contributed by atoms with van der Waals surface area (Å²) in [5.41, 5.74) is -0.0150. The van der Waals surface area contributed by atoms with E-state index in [1.54, 1.807) is 0 Å². The van der Waals surface area contributed by atoms with Gasteiger partial charge in [-0.15, -0.1) is 0 Å². The Morgan fingerprint density at radius 2 is 2.15 bits per heavy atom. The van der Waals surface area contributed by atoms with Gasteiger partial charge in [0, 0.05) is 24.2 Å². The SMILES string of the molecule is O=c1cc([C@H]2CCNC2)[nH]c(=O)[nH]1. The molecule has 1 saturated heterocycles. The van der Waals surface area contributed by atoms with Gasteiger partial charge in [-0.05, 0) is 13.0 Å². The van der Waals surface area contributed by atoms with Crippen molar-refractivity contribution in [1.29, 1.82) is 0 Å². The molecule has 5 heteroatoms. The molecule has 0 aliphatic carbocycles. The molecule has 0 radical (unpaired) electrons. The molecule has 70 valence electrons. The van der Waals surface area contributed by atoms with Crippen molar-refractivity contribution in [3.8, 4) is 0 Å². The Morgan fingerprint density at radius 3 is 2.77 bits per heavy atom. The first-order valence-corrected chi connectivity index (χ1v) is 4.30. The molecule has 1 aliphatic rings. The van der Waals surface area contributed by atoms with Crippen LogP contribution in [-0.4, -0.2) is 23.1 Å². The summed E-state index contributed by atoms with van der Waals surface area (Å²) in [4.78, 5) is 26.7. The minimum atomic E-state index is -0.422. The Balaban J connectivity index is 2.39. The molecule has 0 bridgehead atoms. The van der Waals surface area contributed by atoms with Crippen molar-refractivity contribution in [2.24, 2.45) is 0 Å². The zero-order valence-electron chi connectivity index (χ0n) is 7.09. The summed E-state index contributed by atoms with van der Waals surface area (Å²) in [6.07, 6.45) is 0.972. The Morgan fingerprint density at radius 1 is 1.31 bits per heavy atom. The number of aromatic amines is 2. The summed E-state index contributed by atoms with van der Waals surface area (Å²) in [6.45, 7) is 1.78. The smallest absolute Gasteiger partial charge is 0.316 e. The van der Waals surface area contributed by atoms with Gasteiger partial charge in [0.2, 0.25) is 0 Å². The molecule has 1 atom stereocenters. The first kappa shape index (κ1) is 8.25. The maximum atomic E-state index is 11.0. The molecule has 13 heavy (non-hydrogen) atoms. The van der Waals surface area contributed by atoms with Crippen molar-refractivity contribution in [3.05, 3.63) is 32.6 Å². The van der Waals surface area contributed by atoms with Crippen molar-refractivity contribution in [3.63, 3.8) is 0 Å². The van der Waals surface area contributed by atoms with E-state index in [0.717, 1.165) is 25.2 Å². The van der Waals surface area contributed by atoms with Gasteiger partial charge in [0.1, 0.15) is 0 Å². The third-order valence-electron chi connectivity index (χ3n) is 2.28. The van der Waals surface area contributed by atoms with Crippen molar-refractivity contribution in [2.75, 3.05) is 13.1 Å². The lowest BCUT2D eigenvalue weighted by molar-refractivity contribution is 0.721. The molecule has 5 nitrogen and oxygen atoms in total. The normalized spacial score (nSPS) is 22.0. The molecule has 3 N–H and O–H groups in total. The monoisotopic (exact) mass is 181 g/mol. The number of aromatic nitrogens is 2. The molecule has 1 aliphatic heterocycles. The third kappa shape index (κ3) is 1.70. The summed E-state index contributed by atoms with van der Waals surface area (Å²) in [6, 6.07) is 1.46. The molecule has 0 spiro atoms. The van der Waals surface area contributed by atoms with E-state index in [1.165, 1.54) is 6.07 Å². The van der Waals surface area contributed by atoms with Gasteiger partial charge >= 0.3 is 5.69 Å². The molecular weight excluding hydrogens is 170 g/mol. The molecule has 0 unspecified atom stereocenters. The second-order valence-corrected chi connectivity index (χ2v) is 3.23. The summed E-state index contributed by atoms with van der Waals surface area (Å²) in [5, 5.41) is 3.18. The van der Waals surface area contributed by atoms with Crippen LogP contribution < -0.4 is 16.6 Å². The van der Waals surface area contributed by atoms with Crippen LogP contribution in [0.4, 0.5) is 0 Å². The van der Waals surface area contributed by atoms with Crippen LogP contribution in [0.15, 0.2) is 15.7 Å². The number of nitrogens with one attached hydrogen (secondary N) is 3. The van der Waals surface area contributed by atoms with E-state index in [1.807, 2.05) is 0 Å². The van der Waals surface area contributed by atoms with Crippen LogP contribution in [0, 0.1) is 0 Å². The van der Waals surface area contributed by atoms with Crippen LogP contribution in [-0.2, 0) is 0 Å². The highest BCUT2D eigenvalue weighted by atomic mass is 16.2. The average molecular weight is 181 g/mol. The first-order chi connectivity index (χ1) is 6.25. The van der Waals surface area contributed by atoms with Gasteiger partial charge in [0.25, 0.3) is 5.56 Å². The van der Waals surface area contributed by atoms with E-state index in [0.29, 0.717) is 0 Å². The lowest BCUT2D eigenvalue weighted by atomic mass is 10.1. The molecule has 2 heterocycles. The zero-order valence-corrected chi connectivity index (χ0v) is 7.09. The maximum Gasteiger partial charge on any atom is 0.325 e. The van der Waals surface area contributed by atoms with Crippen LogP contribution in [0.1, 0.15) is 18.0 Å². The molecule has 1 aromatic rings. The van der Waals surface area contributed by atoms with Gasteiger partial charge in [-0.25, -0.2) is 4.79 Å². The standard InChI is InChI=1S/C8H11N3O2/c12-7-3-6(10-8(13)11-7)5-1-2-9-4-5/h3,5,9H,1-2,4H2,(H2,10,11,12,13)/t5-/m0/s1. The predicted molar refractivity (Wildman–Crippen MR) is 47.9 cm³/mol. The quantitative estimate of drug-likeness (QED) is 0.527. The van der Waals surface area contributed by atoms with Crippen molar-refractivity contribution < 1.29 is 0 Å². The second-order valence-electron chi connectivity index (χ2n) is 3.23. The Labute approximate surface area is 74.2 Å². The number of H-pyrrole nitrogens is 2. The second kappa shape index (κ2) is 3.18. The lowest BCUT2D eigenvalue weighted by Crippen LogP contribution is -2.24. The van der Waals surface area contributed by atoms with Crippen LogP contribution in [0.2, 0.25) is 0 Å². The van der Waals surface area contributed by atoms with Crippen molar-refractivity contribution in [1.82, 2.24) is 15.3 Å². The van der Waals surface area contributed by atoms with Gasteiger partial charge in [-0.2, -0.15) is 0 Å². The molecule has 0 amide bonds. The Kier molecular flexibility index (Phi) is 2.02. The van der Waals surface area contributed by atoms with E-state index in [-0.39, 0.29) is 11.5 Å². The van der Waals surface area contributed by atoms with Gasteiger partial charge in [-0.1, -0.05) is 0 Å². The first-order valence-electron chi connectivity index (χ1n) is 4.30. The fourth-order valence-corrected chi connectivity index (χ4v) is 1.63. The van der Waals surface area contributed by atoms with Gasteiger partial charge in [0.15, 0.2) is 0 Å². The van der Waals surface area contributed by atoms with Crippen molar-refractivity contribution in [2.45, 2.75) is 12.3 Å². The summed E-state index contributed by atoms with van der Waals surface area (Å²) < 4.78 is 0. The maximum absolute atomic E-state index is 11.0. The van der Waals surface area contributed by atoms with E-state index < -0.39 is 5.69 Å². The molecule has 1 fully saturated rings. The molecule has 0 saturated carbocycles. The summed E-state index contributed by atoms with van der Waals surface area (Å²) in [5.74, 6) is 0.273. The van der Waals surface area contributed by atoms with Crippen LogP contribution in [0.25, 0.3) is 0 Å². The number of hydrogen-bond donors (Lipinski definition) is 3. The largest absolute Gasteiger partial charge is 0.325 e. The predicted octanol–water partition coefficient (Wildman–Crippen LogP) is -0.860. The van der Waals surface area contributed by atoms with E-state index >= 15 is 0 Å². The number of hydrogen-bond acceptors (Lipinski definition) is 3. The minimum Gasteiger partial charge on any atom is -0.316 e. The number of rotatable bonds is 1. The molecular formula is C8H11N3O2. The van der Waals surface area contributed by atoms with E-state index in [2.05, 4.69) is 15.3 Å². The van der Waals surface area contributed by atoms with E-state index in [9.17, 15) is 9.59 Å². The van der Waals surface area contributed by atoms with Gasteiger partial charge in [0.05, 0.1) is 0 Å². The van der Waals surface area contributed by atoms with Crippen LogP contribution in [0.3, 0.4) is 0 Å². The topological polar surface area (TPSA) is 77.8 Å². The highest BCUT2D eigenvalue weighted by Crippen LogP contribution is 2.17. The lowest BCUT2D eigenvalue weighted by Gasteiger charge is -2.06. The zero-order chi connectivity index (χ0) is 9.26. The van der Waals surface area contributed by atoms with Gasteiger partial charge < -0.3 is 10.3 Å². The summed E-state index contributed by atoms with van der Waals surface area (Å²) >= 11 is 0. The highest BCUT2D eigenvalue weighted by Gasteiger charge is 2.17. The highest BCUT2D eigenvalue weighted by molar-refractivity contribution is 5.08. The Bertz CT molecular complexity index is 372. The minimum absolute atomic E-state index is 0.273. The van der Waals surface area contributed by atoms with Crippen molar-refractivity contribution >= 4 is 0 Å². The molecule has 2 rings (SSSR count). The summed E-state index contributed by atoms with van der Waals surface area (Å²) in [7, 11) is 0. The average Bonchev–Trinajstić information content (AvgIpc) is 2.53. The third-order valence-corrected chi connectivity index (χ3v) is 2.28.